The van der Waals surface area contributed by atoms with Gasteiger partial charge < -0.3 is 10.4 Å². The lowest BCUT2D eigenvalue weighted by Gasteiger charge is -2.33. The Morgan fingerprint density at radius 2 is 2.21 bits per heavy atom. The number of hydrogen-bond acceptors (Lipinski definition) is 3. The average molecular weight is 212 g/mol. The minimum atomic E-state index is -4.51. The number of β-amino-alcohol motifs (C(OH)–C–C–N with tert-alkyl or cyclic N) is 1. The fourth-order valence-corrected chi connectivity index (χ4v) is 1.53. The van der Waals surface area contributed by atoms with Gasteiger partial charge >= 0.3 is 6.18 Å². The molecule has 6 heteroatoms. The maximum Gasteiger partial charge on any atom is 0.415 e. The van der Waals surface area contributed by atoms with Gasteiger partial charge in [0, 0.05) is 32.2 Å². The van der Waals surface area contributed by atoms with Crippen LogP contribution in [0.4, 0.5) is 13.2 Å². The molecule has 3 nitrogen and oxygen atoms in total. The summed E-state index contributed by atoms with van der Waals surface area (Å²) < 4.78 is 36.0. The molecule has 0 saturated carbocycles. The van der Waals surface area contributed by atoms with Crippen LogP contribution in [0, 0.1) is 0 Å². The fraction of sp³-hybridized carbons (Fsp3) is 1.00. The Morgan fingerprint density at radius 1 is 1.57 bits per heavy atom. The molecular weight excluding hydrogens is 197 g/mol. The second-order valence-electron chi connectivity index (χ2n) is 3.67. The van der Waals surface area contributed by atoms with Gasteiger partial charge in [-0.3, -0.25) is 4.90 Å². The van der Waals surface area contributed by atoms with Crippen LogP contribution in [0.25, 0.3) is 0 Å². The first kappa shape index (κ1) is 11.7. The predicted octanol–water partition coefficient (Wildman–Crippen LogP) is 0.203. The summed E-state index contributed by atoms with van der Waals surface area (Å²) in [7, 11) is 0. The van der Waals surface area contributed by atoms with E-state index in [9.17, 15) is 13.2 Å². The van der Waals surface area contributed by atoms with Gasteiger partial charge in [-0.1, -0.05) is 0 Å². The molecule has 1 rings (SSSR count). The average Bonchev–Trinajstić information content (AvgIpc) is 2.02. The summed E-state index contributed by atoms with van der Waals surface area (Å²) in [6, 6.07) is 0.184. The van der Waals surface area contributed by atoms with E-state index in [4.69, 9.17) is 5.11 Å². The maximum absolute atomic E-state index is 12.0. The number of halogens is 3. The summed E-state index contributed by atoms with van der Waals surface area (Å²) in [4.78, 5) is 1.62. The maximum atomic E-state index is 12.0. The van der Waals surface area contributed by atoms with Crippen LogP contribution in [0.5, 0.6) is 0 Å². The first-order valence-electron chi connectivity index (χ1n) is 4.60. The summed E-state index contributed by atoms with van der Waals surface area (Å²) >= 11 is 0. The summed E-state index contributed by atoms with van der Waals surface area (Å²) in [5.41, 5.74) is 0. The van der Waals surface area contributed by atoms with Crippen LogP contribution in [0.15, 0.2) is 0 Å². The number of nitrogens with zero attached hydrogens (tertiary/aromatic N) is 1. The second-order valence-corrected chi connectivity index (χ2v) is 3.67. The Labute approximate surface area is 80.9 Å². The molecule has 1 fully saturated rings. The quantitative estimate of drug-likeness (QED) is 0.686. The van der Waals surface area contributed by atoms with Gasteiger partial charge in [-0.2, -0.15) is 13.2 Å². The number of rotatable bonds is 2. The molecule has 2 N–H and O–H groups in total. The van der Waals surface area contributed by atoms with E-state index in [1.165, 1.54) is 0 Å². The number of hydrogen-bond donors (Lipinski definition) is 2. The van der Waals surface area contributed by atoms with Crippen LogP contribution >= 0.6 is 0 Å². The zero-order valence-electron chi connectivity index (χ0n) is 8.01. The van der Waals surface area contributed by atoms with E-state index in [0.717, 1.165) is 0 Å². The van der Waals surface area contributed by atoms with E-state index in [0.29, 0.717) is 19.6 Å². The van der Waals surface area contributed by atoms with E-state index in [1.54, 1.807) is 4.90 Å². The SMILES string of the molecule is C[C@@H]1CN(CC(O)C(F)(F)F)CCN1. The molecule has 0 radical (unpaired) electrons. The number of aliphatic hydroxyl groups is 1. The molecular formula is C8H15F3N2O. The highest BCUT2D eigenvalue weighted by Gasteiger charge is 2.39. The van der Waals surface area contributed by atoms with Gasteiger partial charge in [0.05, 0.1) is 0 Å². The molecule has 0 aromatic heterocycles. The third-order valence-electron chi connectivity index (χ3n) is 2.26. The third-order valence-corrected chi connectivity index (χ3v) is 2.26. The summed E-state index contributed by atoms with van der Waals surface area (Å²) in [5.74, 6) is 0. The van der Waals surface area contributed by atoms with Crippen molar-refractivity contribution in [1.29, 1.82) is 0 Å². The molecule has 2 atom stereocenters. The van der Waals surface area contributed by atoms with Gasteiger partial charge in [0.25, 0.3) is 0 Å². The normalized spacial score (nSPS) is 27.6. The third kappa shape index (κ3) is 3.43. The van der Waals surface area contributed by atoms with Crippen LogP contribution in [0.1, 0.15) is 6.92 Å². The van der Waals surface area contributed by atoms with Crippen molar-refractivity contribution in [3.63, 3.8) is 0 Å². The molecule has 1 saturated heterocycles. The minimum Gasteiger partial charge on any atom is -0.382 e. The van der Waals surface area contributed by atoms with Crippen LogP contribution in [0.2, 0.25) is 0 Å². The molecule has 0 spiro atoms. The van der Waals surface area contributed by atoms with Crippen LogP contribution in [0.3, 0.4) is 0 Å². The lowest BCUT2D eigenvalue weighted by Crippen LogP contribution is -2.52. The molecule has 1 heterocycles. The number of piperazine rings is 1. The minimum absolute atomic E-state index is 0.184. The molecule has 84 valence electrons. The highest BCUT2D eigenvalue weighted by molar-refractivity contribution is 4.78. The predicted molar refractivity (Wildman–Crippen MR) is 46.0 cm³/mol. The highest BCUT2D eigenvalue weighted by atomic mass is 19.4. The van der Waals surface area contributed by atoms with Crippen molar-refractivity contribution in [2.45, 2.75) is 25.2 Å². The number of aliphatic hydroxyl groups excluding tert-OH is 1. The topological polar surface area (TPSA) is 35.5 Å². The summed E-state index contributed by atoms with van der Waals surface area (Å²) in [6.45, 7) is 3.36. The summed E-state index contributed by atoms with van der Waals surface area (Å²) in [6.07, 6.45) is -6.73. The van der Waals surface area contributed by atoms with Gasteiger partial charge in [-0.15, -0.1) is 0 Å². The second kappa shape index (κ2) is 4.46. The van der Waals surface area contributed by atoms with Crippen molar-refractivity contribution in [3.05, 3.63) is 0 Å². The van der Waals surface area contributed by atoms with Gasteiger partial charge in [-0.25, -0.2) is 0 Å². The van der Waals surface area contributed by atoms with Crippen molar-refractivity contribution in [2.24, 2.45) is 0 Å². The Hall–Kier alpha value is -0.330. The Bertz CT molecular complexity index is 186. The van der Waals surface area contributed by atoms with Crippen molar-refractivity contribution in [3.8, 4) is 0 Å². The van der Waals surface area contributed by atoms with Crippen molar-refractivity contribution in [2.75, 3.05) is 26.2 Å². The van der Waals surface area contributed by atoms with Crippen LogP contribution in [-0.2, 0) is 0 Å². The molecule has 0 amide bonds. The molecule has 0 aromatic carbocycles. The monoisotopic (exact) mass is 212 g/mol. The van der Waals surface area contributed by atoms with E-state index in [-0.39, 0.29) is 12.6 Å². The lowest BCUT2D eigenvalue weighted by atomic mass is 10.2. The van der Waals surface area contributed by atoms with Crippen LogP contribution in [-0.4, -0.2) is 54.5 Å². The highest BCUT2D eigenvalue weighted by Crippen LogP contribution is 2.20. The van der Waals surface area contributed by atoms with E-state index < -0.39 is 12.3 Å². The fourth-order valence-electron chi connectivity index (χ4n) is 1.53. The van der Waals surface area contributed by atoms with Crippen molar-refractivity contribution >= 4 is 0 Å². The first-order valence-corrected chi connectivity index (χ1v) is 4.60. The molecule has 0 aromatic rings. The Balaban J connectivity index is 2.36. The van der Waals surface area contributed by atoms with E-state index in [2.05, 4.69) is 5.32 Å². The zero-order chi connectivity index (χ0) is 10.8. The van der Waals surface area contributed by atoms with Gasteiger partial charge in [0.2, 0.25) is 0 Å². The molecule has 1 aliphatic heterocycles. The summed E-state index contributed by atoms with van der Waals surface area (Å²) in [5, 5.41) is 12.0. The molecule has 14 heavy (non-hydrogen) atoms. The van der Waals surface area contributed by atoms with E-state index >= 15 is 0 Å². The largest absolute Gasteiger partial charge is 0.415 e. The van der Waals surface area contributed by atoms with Crippen LogP contribution < -0.4 is 5.32 Å². The number of alkyl halides is 3. The smallest absolute Gasteiger partial charge is 0.382 e. The molecule has 1 aliphatic rings. The van der Waals surface area contributed by atoms with Crippen molar-refractivity contribution < 1.29 is 18.3 Å². The Kier molecular flexibility index (Phi) is 3.74. The van der Waals surface area contributed by atoms with Gasteiger partial charge in [0.1, 0.15) is 0 Å². The van der Waals surface area contributed by atoms with Gasteiger partial charge in [-0.05, 0) is 6.92 Å². The lowest BCUT2D eigenvalue weighted by molar-refractivity contribution is -0.208. The Morgan fingerprint density at radius 3 is 2.71 bits per heavy atom. The van der Waals surface area contributed by atoms with E-state index in [1.807, 2.05) is 6.92 Å². The first-order chi connectivity index (χ1) is 6.39. The number of nitrogens with one attached hydrogen (secondary N) is 1. The standard InChI is InChI=1S/C8H15F3N2O/c1-6-4-13(3-2-12-6)5-7(14)8(9,10)11/h6-7,12,14H,2-5H2,1H3/t6-,7?/m1/s1. The van der Waals surface area contributed by atoms with Gasteiger partial charge in [0.15, 0.2) is 6.10 Å². The molecule has 0 aliphatic carbocycles. The molecule has 0 bridgehead atoms. The zero-order valence-corrected chi connectivity index (χ0v) is 8.01. The molecule has 1 unspecified atom stereocenters. The van der Waals surface area contributed by atoms with Crippen molar-refractivity contribution in [1.82, 2.24) is 10.2 Å².